The van der Waals surface area contributed by atoms with Crippen LogP contribution in [0.1, 0.15) is 5.69 Å². The largest absolute Gasteiger partial charge is 0.480 e. The Morgan fingerprint density at radius 3 is 2.46 bits per heavy atom. The molecule has 2 aromatic rings. The average Bonchev–Trinajstić information content (AvgIpc) is 2.70. The number of amides is 1. The van der Waals surface area contributed by atoms with Crippen molar-refractivity contribution in [2.24, 2.45) is 0 Å². The van der Waals surface area contributed by atoms with E-state index in [9.17, 15) is 14.7 Å². The molecular formula is C18H21N5O3. The summed E-state index contributed by atoms with van der Waals surface area (Å²) in [4.78, 5) is 35.6. The van der Waals surface area contributed by atoms with Crippen LogP contribution in [-0.4, -0.2) is 65.1 Å². The van der Waals surface area contributed by atoms with E-state index in [1.54, 1.807) is 36.8 Å². The number of hydrogen-bond acceptors (Lipinski definition) is 6. The van der Waals surface area contributed by atoms with Crippen molar-refractivity contribution in [2.75, 3.05) is 37.6 Å². The summed E-state index contributed by atoms with van der Waals surface area (Å²) in [5.74, 6) is -1.03. The number of rotatable bonds is 7. The lowest BCUT2D eigenvalue weighted by molar-refractivity contribution is -0.153. The molecule has 2 aromatic heterocycles. The monoisotopic (exact) mass is 355 g/mol. The fraction of sp³-hybridized carbons (Fsp3) is 0.333. The van der Waals surface area contributed by atoms with E-state index >= 15 is 0 Å². The maximum absolute atomic E-state index is 12.3. The Morgan fingerprint density at radius 2 is 1.88 bits per heavy atom. The number of carboxylic acid groups (broad SMARTS) is 1. The zero-order chi connectivity index (χ0) is 18.4. The van der Waals surface area contributed by atoms with Crippen LogP contribution < -0.4 is 10.2 Å². The summed E-state index contributed by atoms with van der Waals surface area (Å²) in [5, 5.41) is 12.6. The molecule has 8 heteroatoms. The summed E-state index contributed by atoms with van der Waals surface area (Å²) < 4.78 is 0. The Labute approximate surface area is 151 Å². The number of carbonyl (C=O) groups excluding carboxylic acids is 1. The Kier molecular flexibility index (Phi) is 5.43. The van der Waals surface area contributed by atoms with Crippen LogP contribution in [0, 0.1) is 0 Å². The van der Waals surface area contributed by atoms with E-state index in [0.29, 0.717) is 38.3 Å². The molecule has 1 unspecified atom stereocenters. The van der Waals surface area contributed by atoms with Gasteiger partial charge in [0.1, 0.15) is 0 Å². The molecular weight excluding hydrogens is 334 g/mol. The van der Waals surface area contributed by atoms with Crippen LogP contribution in [0.25, 0.3) is 0 Å². The molecule has 3 rings (SSSR count). The molecule has 0 aromatic carbocycles. The summed E-state index contributed by atoms with van der Waals surface area (Å²) in [6.45, 7) is 2.37. The van der Waals surface area contributed by atoms with E-state index in [0.717, 1.165) is 5.69 Å². The van der Waals surface area contributed by atoms with E-state index in [4.69, 9.17) is 0 Å². The van der Waals surface area contributed by atoms with Crippen LogP contribution in [0.15, 0.2) is 48.9 Å². The summed E-state index contributed by atoms with van der Waals surface area (Å²) >= 11 is 0. The van der Waals surface area contributed by atoms with Gasteiger partial charge in [-0.25, -0.2) is 4.79 Å². The fourth-order valence-electron chi connectivity index (χ4n) is 3.38. The number of aromatic nitrogens is 2. The molecule has 0 spiro atoms. The van der Waals surface area contributed by atoms with E-state index in [1.165, 1.54) is 0 Å². The van der Waals surface area contributed by atoms with Gasteiger partial charge in [0.2, 0.25) is 6.41 Å². The third kappa shape index (κ3) is 3.36. The van der Waals surface area contributed by atoms with Crippen molar-refractivity contribution in [3.8, 4) is 0 Å². The minimum absolute atomic E-state index is 0.0435. The van der Waals surface area contributed by atoms with Gasteiger partial charge in [-0.2, -0.15) is 0 Å². The normalized spacial score (nSPS) is 17.3. The van der Waals surface area contributed by atoms with Crippen molar-refractivity contribution < 1.29 is 14.7 Å². The van der Waals surface area contributed by atoms with Gasteiger partial charge in [-0.3, -0.25) is 19.7 Å². The predicted octanol–water partition coefficient (Wildman–Crippen LogP) is 0.325. The van der Waals surface area contributed by atoms with Crippen molar-refractivity contribution in [1.29, 1.82) is 0 Å². The molecule has 2 N–H and O–H groups in total. The minimum atomic E-state index is -1.40. The van der Waals surface area contributed by atoms with Crippen LogP contribution in [-0.2, 0) is 15.1 Å². The summed E-state index contributed by atoms with van der Waals surface area (Å²) in [5.41, 5.74) is 0.0793. The first-order chi connectivity index (χ1) is 12.7. The average molecular weight is 355 g/mol. The topological polar surface area (TPSA) is 98.7 Å². The molecule has 26 heavy (non-hydrogen) atoms. The molecule has 0 bridgehead atoms. The van der Waals surface area contributed by atoms with E-state index in [2.05, 4.69) is 20.2 Å². The number of anilines is 1. The van der Waals surface area contributed by atoms with Crippen molar-refractivity contribution >= 4 is 18.1 Å². The zero-order valence-electron chi connectivity index (χ0n) is 14.3. The molecule has 8 nitrogen and oxygen atoms in total. The predicted molar refractivity (Wildman–Crippen MR) is 95.6 cm³/mol. The number of nitrogens with one attached hydrogen (secondary N) is 1. The van der Waals surface area contributed by atoms with E-state index < -0.39 is 11.5 Å². The first-order valence-electron chi connectivity index (χ1n) is 8.40. The highest BCUT2D eigenvalue weighted by molar-refractivity contribution is 5.81. The molecule has 1 amide bonds. The number of aliphatic carboxylic acids is 1. The summed E-state index contributed by atoms with van der Waals surface area (Å²) in [6.07, 6.45) is 5.57. The Morgan fingerprint density at radius 1 is 1.15 bits per heavy atom. The quantitative estimate of drug-likeness (QED) is 0.690. The van der Waals surface area contributed by atoms with Crippen LogP contribution in [0.2, 0.25) is 0 Å². The highest BCUT2D eigenvalue weighted by atomic mass is 16.4. The fourth-order valence-corrected chi connectivity index (χ4v) is 3.38. The minimum Gasteiger partial charge on any atom is -0.480 e. The van der Waals surface area contributed by atoms with Gasteiger partial charge in [0.15, 0.2) is 5.54 Å². The van der Waals surface area contributed by atoms with Crippen LogP contribution in [0.5, 0.6) is 0 Å². The lowest BCUT2D eigenvalue weighted by atomic mass is 9.91. The molecule has 1 atom stereocenters. The highest BCUT2D eigenvalue weighted by Crippen LogP contribution is 2.29. The number of nitrogens with zero attached hydrogens (tertiary/aromatic N) is 4. The first kappa shape index (κ1) is 17.8. The van der Waals surface area contributed by atoms with Gasteiger partial charge in [0, 0.05) is 50.5 Å². The van der Waals surface area contributed by atoms with E-state index in [1.807, 2.05) is 17.0 Å². The summed E-state index contributed by atoms with van der Waals surface area (Å²) in [6, 6.07) is 9.06. The molecule has 0 aliphatic carbocycles. The number of carbonyl (C=O) groups is 2. The van der Waals surface area contributed by atoms with Gasteiger partial charge in [0.25, 0.3) is 0 Å². The van der Waals surface area contributed by atoms with Gasteiger partial charge in [-0.15, -0.1) is 0 Å². The smallest absolute Gasteiger partial charge is 0.332 e. The van der Waals surface area contributed by atoms with Crippen LogP contribution >= 0.6 is 0 Å². The maximum atomic E-state index is 12.3. The van der Waals surface area contributed by atoms with Gasteiger partial charge in [-0.1, -0.05) is 6.07 Å². The first-order valence-corrected chi connectivity index (χ1v) is 8.40. The van der Waals surface area contributed by atoms with Gasteiger partial charge < -0.3 is 15.3 Å². The molecule has 1 aliphatic heterocycles. The van der Waals surface area contributed by atoms with E-state index in [-0.39, 0.29) is 6.54 Å². The Hall–Kier alpha value is -3.00. The molecule has 1 fully saturated rings. The zero-order valence-corrected chi connectivity index (χ0v) is 14.3. The lowest BCUT2D eigenvalue weighted by Gasteiger charge is -2.45. The molecule has 0 radical (unpaired) electrons. The Bertz CT molecular complexity index is 735. The molecule has 3 heterocycles. The molecule has 0 saturated carbocycles. The van der Waals surface area contributed by atoms with Gasteiger partial charge in [-0.05, 0) is 24.3 Å². The second kappa shape index (κ2) is 7.92. The second-order valence-corrected chi connectivity index (χ2v) is 6.06. The number of piperazine rings is 1. The molecule has 1 saturated heterocycles. The third-order valence-electron chi connectivity index (χ3n) is 4.73. The van der Waals surface area contributed by atoms with Gasteiger partial charge >= 0.3 is 5.97 Å². The lowest BCUT2D eigenvalue weighted by Crippen LogP contribution is -2.62. The van der Waals surface area contributed by atoms with Crippen LogP contribution in [0.4, 0.5) is 5.69 Å². The number of hydrogen-bond donors (Lipinski definition) is 2. The van der Waals surface area contributed by atoms with Crippen LogP contribution in [0.3, 0.4) is 0 Å². The highest BCUT2D eigenvalue weighted by Gasteiger charge is 2.48. The molecule has 136 valence electrons. The standard InChI is InChI=1S/C18H21N5O3/c24-14-20-13-18(17(25)26,16-3-1-2-6-21-16)23-11-9-22(10-12-23)15-4-7-19-8-5-15/h1-8,14H,9-13H2,(H,20,24)(H,25,26). The van der Waals surface area contributed by atoms with Crippen molar-refractivity contribution in [3.63, 3.8) is 0 Å². The Balaban J connectivity index is 1.86. The number of carboxylic acids is 1. The van der Waals surface area contributed by atoms with Crippen molar-refractivity contribution in [3.05, 3.63) is 54.6 Å². The SMILES string of the molecule is O=CNCC(C(=O)O)(c1ccccn1)N1CCN(c2ccncc2)CC1. The number of pyridine rings is 2. The third-order valence-corrected chi connectivity index (χ3v) is 4.73. The van der Waals surface area contributed by atoms with Crippen molar-refractivity contribution in [1.82, 2.24) is 20.2 Å². The maximum Gasteiger partial charge on any atom is 0.332 e. The van der Waals surface area contributed by atoms with Gasteiger partial charge in [0.05, 0.1) is 12.2 Å². The summed E-state index contributed by atoms with van der Waals surface area (Å²) in [7, 11) is 0. The van der Waals surface area contributed by atoms with Crippen molar-refractivity contribution in [2.45, 2.75) is 5.54 Å². The molecule has 1 aliphatic rings. The second-order valence-electron chi connectivity index (χ2n) is 6.06.